The zero-order valence-corrected chi connectivity index (χ0v) is 14.5. The number of rotatable bonds is 8. The number of hydrogen-bond acceptors (Lipinski definition) is 3. The number of nitrogens with one attached hydrogen (secondary N) is 1. The summed E-state index contributed by atoms with van der Waals surface area (Å²) >= 11 is 0. The second kappa shape index (κ2) is 8.60. The second-order valence-corrected chi connectivity index (χ2v) is 6.62. The normalized spacial score (nSPS) is 13.3. The molecule has 1 aliphatic carbocycles. The molecule has 1 heterocycles. The van der Waals surface area contributed by atoms with Gasteiger partial charge in [0, 0.05) is 43.9 Å². The molecule has 1 aromatic heterocycles. The van der Waals surface area contributed by atoms with E-state index in [9.17, 15) is 9.59 Å². The molecule has 0 spiro atoms. The van der Waals surface area contributed by atoms with Crippen molar-refractivity contribution in [3.8, 4) is 0 Å². The number of aryl methyl sites for hydroxylation is 3. The monoisotopic (exact) mass is 339 g/mol. The van der Waals surface area contributed by atoms with E-state index in [1.807, 2.05) is 22.9 Å². The molecular formula is C20H25N3O2. The van der Waals surface area contributed by atoms with Crippen LogP contribution in [-0.4, -0.2) is 27.8 Å². The van der Waals surface area contributed by atoms with E-state index in [0.717, 1.165) is 31.4 Å². The summed E-state index contributed by atoms with van der Waals surface area (Å²) in [5.74, 6) is -0.00104. The molecule has 1 amide bonds. The zero-order chi connectivity index (χ0) is 17.5. The van der Waals surface area contributed by atoms with Crippen molar-refractivity contribution in [2.75, 3.05) is 6.54 Å². The third-order valence-corrected chi connectivity index (χ3v) is 4.72. The van der Waals surface area contributed by atoms with Crippen molar-refractivity contribution >= 4 is 11.7 Å². The van der Waals surface area contributed by atoms with E-state index in [1.54, 1.807) is 12.5 Å². The van der Waals surface area contributed by atoms with Crippen LogP contribution in [-0.2, 0) is 24.2 Å². The van der Waals surface area contributed by atoms with Gasteiger partial charge in [0.2, 0.25) is 5.91 Å². The van der Waals surface area contributed by atoms with E-state index in [0.29, 0.717) is 6.54 Å². The van der Waals surface area contributed by atoms with Gasteiger partial charge in [0.05, 0.1) is 6.33 Å². The minimum absolute atomic E-state index is 0.0574. The Morgan fingerprint density at radius 1 is 1.12 bits per heavy atom. The van der Waals surface area contributed by atoms with Crippen LogP contribution < -0.4 is 5.32 Å². The minimum Gasteiger partial charge on any atom is -0.356 e. The molecule has 1 N–H and O–H groups in total. The fraction of sp³-hybridized carbons (Fsp3) is 0.450. The van der Waals surface area contributed by atoms with Crippen LogP contribution in [0.3, 0.4) is 0 Å². The Kier molecular flexibility index (Phi) is 5.99. The quantitative estimate of drug-likeness (QED) is 0.594. The smallest absolute Gasteiger partial charge is 0.220 e. The molecule has 25 heavy (non-hydrogen) atoms. The van der Waals surface area contributed by atoms with Crippen LogP contribution in [0.15, 0.2) is 36.9 Å². The van der Waals surface area contributed by atoms with Gasteiger partial charge >= 0.3 is 0 Å². The summed E-state index contributed by atoms with van der Waals surface area (Å²) in [6.45, 7) is 1.44. The number of nitrogens with zero attached hydrogens (tertiary/aromatic N) is 2. The van der Waals surface area contributed by atoms with Gasteiger partial charge in [-0.15, -0.1) is 0 Å². The number of hydrogen-bond donors (Lipinski definition) is 1. The van der Waals surface area contributed by atoms with Crippen molar-refractivity contribution in [2.45, 2.75) is 51.5 Å². The Balaban J connectivity index is 1.38. The standard InChI is InChI=1S/C20H25N3O2/c24-19(18-7-6-16-4-1-2-5-17(16)14-18)8-9-20(25)22-10-3-12-23-13-11-21-15-23/h6-7,11,13-15H,1-5,8-10,12H2,(H,22,25). The van der Waals surface area contributed by atoms with Gasteiger partial charge in [-0.3, -0.25) is 9.59 Å². The summed E-state index contributed by atoms with van der Waals surface area (Å²) in [6.07, 6.45) is 11.4. The van der Waals surface area contributed by atoms with Gasteiger partial charge in [-0.05, 0) is 49.3 Å². The summed E-state index contributed by atoms with van der Waals surface area (Å²) in [5.41, 5.74) is 3.42. The number of carbonyl (C=O) groups excluding carboxylic acids is 2. The summed E-state index contributed by atoms with van der Waals surface area (Å²) in [6, 6.07) is 6.02. The Morgan fingerprint density at radius 3 is 2.76 bits per heavy atom. The number of imidazole rings is 1. The van der Waals surface area contributed by atoms with Crippen LogP contribution in [0, 0.1) is 0 Å². The molecule has 0 aliphatic heterocycles. The maximum absolute atomic E-state index is 12.3. The van der Waals surface area contributed by atoms with Crippen molar-refractivity contribution < 1.29 is 9.59 Å². The number of Topliss-reactive ketones (excluding diaryl/α,β-unsaturated/α-hetero) is 1. The lowest BCUT2D eigenvalue weighted by Gasteiger charge is -2.16. The molecule has 132 valence electrons. The van der Waals surface area contributed by atoms with E-state index in [1.165, 1.54) is 24.0 Å². The van der Waals surface area contributed by atoms with Crippen molar-refractivity contribution in [2.24, 2.45) is 0 Å². The maximum Gasteiger partial charge on any atom is 0.220 e. The van der Waals surface area contributed by atoms with Crippen molar-refractivity contribution in [1.29, 1.82) is 0 Å². The molecular weight excluding hydrogens is 314 g/mol. The molecule has 5 nitrogen and oxygen atoms in total. The molecule has 5 heteroatoms. The van der Waals surface area contributed by atoms with E-state index in [-0.39, 0.29) is 24.5 Å². The van der Waals surface area contributed by atoms with Gasteiger partial charge in [0.25, 0.3) is 0 Å². The first-order valence-electron chi connectivity index (χ1n) is 9.10. The van der Waals surface area contributed by atoms with Gasteiger partial charge in [0.15, 0.2) is 5.78 Å². The van der Waals surface area contributed by atoms with Gasteiger partial charge < -0.3 is 9.88 Å². The highest BCUT2D eigenvalue weighted by Crippen LogP contribution is 2.22. The Hall–Kier alpha value is -2.43. The van der Waals surface area contributed by atoms with Gasteiger partial charge in [0.1, 0.15) is 0 Å². The number of ketones is 1. The molecule has 0 atom stereocenters. The predicted octanol–water partition coefficient (Wildman–Crippen LogP) is 2.93. The van der Waals surface area contributed by atoms with Crippen LogP contribution in [0.25, 0.3) is 0 Å². The maximum atomic E-state index is 12.3. The molecule has 2 aromatic rings. The average Bonchev–Trinajstić information content (AvgIpc) is 3.16. The van der Waals surface area contributed by atoms with E-state index in [4.69, 9.17) is 0 Å². The fourth-order valence-electron chi connectivity index (χ4n) is 3.28. The number of amides is 1. The third kappa shape index (κ3) is 5.02. The summed E-state index contributed by atoms with van der Waals surface area (Å²) in [5, 5.41) is 2.88. The molecule has 0 unspecified atom stereocenters. The molecule has 3 rings (SSSR count). The number of aromatic nitrogens is 2. The predicted molar refractivity (Wildman–Crippen MR) is 96.5 cm³/mol. The van der Waals surface area contributed by atoms with E-state index >= 15 is 0 Å². The molecule has 0 fully saturated rings. The molecule has 1 aliphatic rings. The van der Waals surface area contributed by atoms with Gasteiger partial charge in [-0.25, -0.2) is 4.98 Å². The summed E-state index contributed by atoms with van der Waals surface area (Å²) in [7, 11) is 0. The highest BCUT2D eigenvalue weighted by atomic mass is 16.2. The molecule has 1 aromatic carbocycles. The van der Waals surface area contributed by atoms with Crippen LogP contribution >= 0.6 is 0 Å². The van der Waals surface area contributed by atoms with Crippen molar-refractivity contribution in [3.05, 3.63) is 53.6 Å². The minimum atomic E-state index is -0.0584. The van der Waals surface area contributed by atoms with E-state index in [2.05, 4.69) is 16.4 Å². The lowest BCUT2D eigenvalue weighted by Crippen LogP contribution is -2.25. The van der Waals surface area contributed by atoms with Crippen molar-refractivity contribution in [3.63, 3.8) is 0 Å². The highest BCUT2D eigenvalue weighted by Gasteiger charge is 2.14. The lowest BCUT2D eigenvalue weighted by atomic mass is 9.89. The number of carbonyl (C=O) groups is 2. The van der Waals surface area contributed by atoms with Crippen LogP contribution in [0.4, 0.5) is 0 Å². The molecule has 0 bridgehead atoms. The lowest BCUT2D eigenvalue weighted by molar-refractivity contribution is -0.121. The Bertz CT molecular complexity index is 723. The molecule has 0 saturated carbocycles. The second-order valence-electron chi connectivity index (χ2n) is 6.62. The van der Waals surface area contributed by atoms with Crippen LogP contribution in [0.2, 0.25) is 0 Å². The van der Waals surface area contributed by atoms with Crippen molar-refractivity contribution in [1.82, 2.24) is 14.9 Å². The van der Waals surface area contributed by atoms with E-state index < -0.39 is 0 Å². The first kappa shape index (κ1) is 17.4. The molecule has 0 radical (unpaired) electrons. The Labute approximate surface area is 148 Å². The molecule has 0 saturated heterocycles. The number of benzene rings is 1. The SMILES string of the molecule is O=C(CCC(=O)c1ccc2c(c1)CCCC2)NCCCn1ccnc1. The Morgan fingerprint density at radius 2 is 1.96 bits per heavy atom. The van der Waals surface area contributed by atoms with Crippen LogP contribution in [0.5, 0.6) is 0 Å². The number of fused-ring (bicyclic) bond motifs is 1. The first-order chi connectivity index (χ1) is 12.2. The highest BCUT2D eigenvalue weighted by molar-refractivity contribution is 5.98. The topological polar surface area (TPSA) is 64.0 Å². The zero-order valence-electron chi connectivity index (χ0n) is 14.5. The largest absolute Gasteiger partial charge is 0.356 e. The van der Waals surface area contributed by atoms with Gasteiger partial charge in [-0.2, -0.15) is 0 Å². The summed E-state index contributed by atoms with van der Waals surface area (Å²) < 4.78 is 1.98. The van der Waals surface area contributed by atoms with Gasteiger partial charge in [-0.1, -0.05) is 12.1 Å². The fourth-order valence-corrected chi connectivity index (χ4v) is 3.28. The summed E-state index contributed by atoms with van der Waals surface area (Å²) in [4.78, 5) is 28.2. The van der Waals surface area contributed by atoms with Crippen LogP contribution in [0.1, 0.15) is 53.6 Å². The first-order valence-corrected chi connectivity index (χ1v) is 9.10. The third-order valence-electron chi connectivity index (χ3n) is 4.72. The average molecular weight is 339 g/mol.